The first-order valence-electron chi connectivity index (χ1n) is 5.70. The molecule has 1 aliphatic rings. The van der Waals surface area contributed by atoms with E-state index in [9.17, 15) is 0 Å². The maximum Gasteiger partial charge on any atom is 0.164 e. The molecule has 16 heavy (non-hydrogen) atoms. The third kappa shape index (κ3) is 1.87. The third-order valence-electron chi connectivity index (χ3n) is 3.25. The van der Waals surface area contributed by atoms with Gasteiger partial charge in [-0.3, -0.25) is 0 Å². The van der Waals surface area contributed by atoms with E-state index in [0.717, 1.165) is 30.2 Å². The summed E-state index contributed by atoms with van der Waals surface area (Å²) in [6.45, 7) is 4.16. The Hall–Kier alpha value is -1.22. The highest BCUT2D eigenvalue weighted by atomic mass is 16.5. The molecule has 1 N–H and O–H groups in total. The lowest BCUT2D eigenvalue weighted by molar-refractivity contribution is 0.348. The Balaban J connectivity index is 2.43. The van der Waals surface area contributed by atoms with Crippen molar-refractivity contribution in [2.75, 3.05) is 27.3 Å². The molecular weight excluding hydrogens is 202 g/mol. The Labute approximate surface area is 96.8 Å². The summed E-state index contributed by atoms with van der Waals surface area (Å²) in [7, 11) is 3.41. The fourth-order valence-electron chi connectivity index (χ4n) is 2.38. The van der Waals surface area contributed by atoms with Crippen molar-refractivity contribution in [1.82, 2.24) is 5.32 Å². The molecule has 0 spiro atoms. The van der Waals surface area contributed by atoms with E-state index in [0.29, 0.717) is 5.92 Å². The van der Waals surface area contributed by atoms with Gasteiger partial charge in [-0.2, -0.15) is 0 Å². The first-order valence-corrected chi connectivity index (χ1v) is 5.70. The SMILES string of the molecule is COc1c(C)ccc(C2CCNC2)c1OC. The number of hydrogen-bond donors (Lipinski definition) is 1. The molecular formula is C13H19NO2. The van der Waals surface area contributed by atoms with Crippen molar-refractivity contribution in [2.24, 2.45) is 0 Å². The molecule has 1 fully saturated rings. The zero-order valence-electron chi connectivity index (χ0n) is 10.2. The van der Waals surface area contributed by atoms with Gasteiger partial charge in [0.25, 0.3) is 0 Å². The second-order valence-electron chi connectivity index (χ2n) is 4.23. The van der Waals surface area contributed by atoms with Crippen molar-refractivity contribution in [1.29, 1.82) is 0 Å². The fourth-order valence-corrected chi connectivity index (χ4v) is 2.38. The van der Waals surface area contributed by atoms with E-state index in [1.165, 1.54) is 12.0 Å². The lowest BCUT2D eigenvalue weighted by Gasteiger charge is -2.18. The Kier molecular flexibility index (Phi) is 3.34. The number of aryl methyl sites for hydroxylation is 1. The molecule has 0 radical (unpaired) electrons. The van der Waals surface area contributed by atoms with Gasteiger partial charge in [-0.05, 0) is 25.5 Å². The maximum absolute atomic E-state index is 5.51. The van der Waals surface area contributed by atoms with E-state index in [4.69, 9.17) is 9.47 Å². The molecule has 88 valence electrons. The average molecular weight is 221 g/mol. The molecule has 1 aromatic rings. The lowest BCUT2D eigenvalue weighted by atomic mass is 9.95. The Morgan fingerprint density at radius 1 is 1.19 bits per heavy atom. The lowest BCUT2D eigenvalue weighted by Crippen LogP contribution is -2.09. The summed E-state index contributed by atoms with van der Waals surface area (Å²) < 4.78 is 10.9. The van der Waals surface area contributed by atoms with Gasteiger partial charge in [0.2, 0.25) is 0 Å². The summed E-state index contributed by atoms with van der Waals surface area (Å²) in [5.74, 6) is 2.31. The van der Waals surface area contributed by atoms with Gasteiger partial charge in [0.1, 0.15) is 0 Å². The molecule has 1 heterocycles. The van der Waals surface area contributed by atoms with Crippen LogP contribution in [0.25, 0.3) is 0 Å². The van der Waals surface area contributed by atoms with Crippen molar-refractivity contribution < 1.29 is 9.47 Å². The molecule has 0 amide bonds. The van der Waals surface area contributed by atoms with E-state index in [2.05, 4.69) is 17.4 Å². The summed E-state index contributed by atoms with van der Waals surface area (Å²) >= 11 is 0. The number of nitrogens with one attached hydrogen (secondary N) is 1. The highest BCUT2D eigenvalue weighted by Crippen LogP contribution is 2.39. The molecule has 2 rings (SSSR count). The van der Waals surface area contributed by atoms with Crippen molar-refractivity contribution >= 4 is 0 Å². The number of hydrogen-bond acceptors (Lipinski definition) is 3. The van der Waals surface area contributed by atoms with Crippen LogP contribution in [0, 0.1) is 6.92 Å². The van der Waals surface area contributed by atoms with Crippen LogP contribution in [-0.2, 0) is 0 Å². The van der Waals surface area contributed by atoms with E-state index in [1.54, 1.807) is 14.2 Å². The number of rotatable bonds is 3. The number of benzene rings is 1. The summed E-state index contributed by atoms with van der Waals surface area (Å²) in [6, 6.07) is 4.27. The van der Waals surface area contributed by atoms with Crippen LogP contribution in [0.2, 0.25) is 0 Å². The van der Waals surface area contributed by atoms with Gasteiger partial charge in [-0.1, -0.05) is 12.1 Å². The van der Waals surface area contributed by atoms with E-state index >= 15 is 0 Å². The summed E-state index contributed by atoms with van der Waals surface area (Å²) in [5, 5.41) is 3.38. The standard InChI is InChI=1S/C13H19NO2/c1-9-4-5-11(10-6-7-14-8-10)13(16-3)12(9)15-2/h4-5,10,14H,6-8H2,1-3H3. The fraction of sp³-hybridized carbons (Fsp3) is 0.538. The van der Waals surface area contributed by atoms with Crippen molar-refractivity contribution in [2.45, 2.75) is 19.3 Å². The topological polar surface area (TPSA) is 30.5 Å². The van der Waals surface area contributed by atoms with Crippen LogP contribution in [0.15, 0.2) is 12.1 Å². The molecule has 0 aliphatic carbocycles. The highest BCUT2D eigenvalue weighted by Gasteiger charge is 2.23. The molecule has 1 aromatic carbocycles. The Bertz CT molecular complexity index is 370. The molecule has 3 nitrogen and oxygen atoms in total. The first kappa shape index (κ1) is 11.3. The highest BCUT2D eigenvalue weighted by molar-refractivity contribution is 5.53. The molecule has 1 atom stereocenters. The van der Waals surface area contributed by atoms with Crippen LogP contribution >= 0.6 is 0 Å². The van der Waals surface area contributed by atoms with Crippen LogP contribution in [0.3, 0.4) is 0 Å². The van der Waals surface area contributed by atoms with Crippen LogP contribution in [0.5, 0.6) is 11.5 Å². The molecule has 0 aromatic heterocycles. The van der Waals surface area contributed by atoms with Crippen molar-refractivity contribution in [3.05, 3.63) is 23.3 Å². The summed E-state index contributed by atoms with van der Waals surface area (Å²) in [5.41, 5.74) is 2.38. The third-order valence-corrected chi connectivity index (χ3v) is 3.25. The van der Waals surface area contributed by atoms with E-state index < -0.39 is 0 Å². The van der Waals surface area contributed by atoms with Gasteiger partial charge in [-0.15, -0.1) is 0 Å². The number of ether oxygens (including phenoxy) is 2. The molecule has 0 saturated carbocycles. The average Bonchev–Trinajstić information content (AvgIpc) is 2.81. The van der Waals surface area contributed by atoms with Crippen LogP contribution in [0.4, 0.5) is 0 Å². The van der Waals surface area contributed by atoms with Gasteiger partial charge in [-0.25, -0.2) is 0 Å². The minimum atomic E-state index is 0.546. The Morgan fingerprint density at radius 3 is 2.50 bits per heavy atom. The van der Waals surface area contributed by atoms with E-state index in [1.807, 2.05) is 6.92 Å². The summed E-state index contributed by atoms with van der Waals surface area (Å²) in [6.07, 6.45) is 1.17. The zero-order valence-corrected chi connectivity index (χ0v) is 10.2. The molecule has 3 heteroatoms. The predicted molar refractivity (Wildman–Crippen MR) is 64.5 cm³/mol. The van der Waals surface area contributed by atoms with Crippen LogP contribution < -0.4 is 14.8 Å². The zero-order chi connectivity index (χ0) is 11.5. The predicted octanol–water partition coefficient (Wildman–Crippen LogP) is 2.09. The minimum Gasteiger partial charge on any atom is -0.493 e. The molecule has 0 bridgehead atoms. The van der Waals surface area contributed by atoms with Crippen LogP contribution in [0.1, 0.15) is 23.5 Å². The van der Waals surface area contributed by atoms with Gasteiger partial charge >= 0.3 is 0 Å². The minimum absolute atomic E-state index is 0.546. The summed E-state index contributed by atoms with van der Waals surface area (Å²) in [4.78, 5) is 0. The monoisotopic (exact) mass is 221 g/mol. The largest absolute Gasteiger partial charge is 0.493 e. The Morgan fingerprint density at radius 2 is 1.94 bits per heavy atom. The molecule has 1 aliphatic heterocycles. The molecule has 1 unspecified atom stereocenters. The van der Waals surface area contributed by atoms with Crippen LogP contribution in [-0.4, -0.2) is 27.3 Å². The van der Waals surface area contributed by atoms with Gasteiger partial charge in [0.05, 0.1) is 14.2 Å². The second kappa shape index (κ2) is 4.74. The molecule has 1 saturated heterocycles. The van der Waals surface area contributed by atoms with Crippen molar-refractivity contribution in [3.8, 4) is 11.5 Å². The van der Waals surface area contributed by atoms with Gasteiger partial charge in [0.15, 0.2) is 11.5 Å². The maximum atomic E-state index is 5.51. The normalized spacial score (nSPS) is 19.8. The first-order chi connectivity index (χ1) is 7.77. The number of methoxy groups -OCH3 is 2. The quantitative estimate of drug-likeness (QED) is 0.847. The van der Waals surface area contributed by atoms with Crippen molar-refractivity contribution in [3.63, 3.8) is 0 Å². The van der Waals surface area contributed by atoms with E-state index in [-0.39, 0.29) is 0 Å². The van der Waals surface area contributed by atoms with Gasteiger partial charge < -0.3 is 14.8 Å². The second-order valence-corrected chi connectivity index (χ2v) is 4.23. The smallest absolute Gasteiger partial charge is 0.164 e. The van der Waals surface area contributed by atoms with Gasteiger partial charge in [0, 0.05) is 18.0 Å².